The molecule has 0 heterocycles. The summed E-state index contributed by atoms with van der Waals surface area (Å²) in [5.74, 6) is 0. The van der Waals surface area contributed by atoms with E-state index < -0.39 is 0 Å². The number of hydrogen-bond acceptors (Lipinski definition) is 1. The van der Waals surface area contributed by atoms with Crippen LogP contribution in [0.3, 0.4) is 0 Å². The number of aryl methyl sites for hydroxylation is 1. The van der Waals surface area contributed by atoms with Gasteiger partial charge < -0.3 is 0 Å². The van der Waals surface area contributed by atoms with Gasteiger partial charge in [0.1, 0.15) is 0 Å². The number of benzene rings is 2. The third kappa shape index (κ3) is 3.07. The largest absolute Gasteiger partial charge is 0.253 e. The Kier molecular flexibility index (Phi) is 4.30. The molecule has 1 nitrogen and oxygen atoms in total. The minimum Gasteiger partial charge on any atom is -0.253 e. The molecule has 2 aromatic carbocycles. The molecule has 2 rings (SSSR count). The lowest BCUT2D eigenvalue weighted by Gasteiger charge is -2.07. The fourth-order valence-corrected chi connectivity index (χ4v) is 1.97. The maximum Gasteiger partial charge on any atom is 0.0662 e. The van der Waals surface area contributed by atoms with E-state index in [4.69, 9.17) is 4.99 Å². The third-order valence-electron chi connectivity index (χ3n) is 2.96. The summed E-state index contributed by atoms with van der Waals surface area (Å²) in [6.07, 6.45) is 2.12. The number of para-hydroxylation sites is 1. The van der Waals surface area contributed by atoms with Gasteiger partial charge in [0.15, 0.2) is 0 Å². The molecule has 0 spiro atoms. The van der Waals surface area contributed by atoms with Crippen molar-refractivity contribution in [3.05, 3.63) is 65.7 Å². The third-order valence-corrected chi connectivity index (χ3v) is 2.96. The van der Waals surface area contributed by atoms with Gasteiger partial charge in [0.2, 0.25) is 0 Å². The van der Waals surface area contributed by atoms with Crippen molar-refractivity contribution in [1.29, 1.82) is 0 Å². The Bertz CT molecular complexity index is 526. The topological polar surface area (TPSA) is 12.4 Å². The van der Waals surface area contributed by atoms with Gasteiger partial charge in [-0.1, -0.05) is 61.9 Å². The standard InChI is InChI=1S/C17H19N/c1-3-9-17(15-11-5-4-6-12-15)18-16-13-8-7-10-14(16)2/h4-8,10-13H,3,9H2,1-2H3. The van der Waals surface area contributed by atoms with Crippen LogP contribution >= 0.6 is 0 Å². The van der Waals surface area contributed by atoms with Crippen molar-refractivity contribution < 1.29 is 0 Å². The second-order valence-corrected chi connectivity index (χ2v) is 4.46. The van der Waals surface area contributed by atoms with Crippen molar-refractivity contribution in [1.82, 2.24) is 0 Å². The smallest absolute Gasteiger partial charge is 0.0662 e. The van der Waals surface area contributed by atoms with Crippen LogP contribution in [-0.4, -0.2) is 5.71 Å². The predicted octanol–water partition coefficient (Wildman–Crippen LogP) is 4.92. The minimum absolute atomic E-state index is 1.01. The molecular formula is C17H19N. The van der Waals surface area contributed by atoms with E-state index >= 15 is 0 Å². The zero-order chi connectivity index (χ0) is 12.8. The first-order valence-corrected chi connectivity index (χ1v) is 6.50. The van der Waals surface area contributed by atoms with E-state index in [0.717, 1.165) is 18.5 Å². The lowest BCUT2D eigenvalue weighted by atomic mass is 10.1. The monoisotopic (exact) mass is 237 g/mol. The van der Waals surface area contributed by atoms with Gasteiger partial charge in [0.05, 0.1) is 5.69 Å². The molecule has 0 aliphatic rings. The summed E-state index contributed by atoms with van der Waals surface area (Å²) >= 11 is 0. The first-order chi connectivity index (χ1) is 8.81. The highest BCUT2D eigenvalue weighted by Gasteiger charge is 2.03. The van der Waals surface area contributed by atoms with Crippen molar-refractivity contribution >= 4 is 11.4 Å². The van der Waals surface area contributed by atoms with Crippen molar-refractivity contribution in [2.75, 3.05) is 0 Å². The molecular weight excluding hydrogens is 218 g/mol. The van der Waals surface area contributed by atoms with Crippen LogP contribution in [0.5, 0.6) is 0 Å². The number of nitrogens with zero attached hydrogens (tertiary/aromatic N) is 1. The van der Waals surface area contributed by atoms with Gasteiger partial charge in [-0.15, -0.1) is 0 Å². The van der Waals surface area contributed by atoms with Crippen LogP contribution in [0.2, 0.25) is 0 Å². The first-order valence-electron chi connectivity index (χ1n) is 6.50. The lowest BCUT2D eigenvalue weighted by Crippen LogP contribution is -1.99. The molecule has 0 fully saturated rings. The fraction of sp³-hybridized carbons (Fsp3) is 0.235. The maximum absolute atomic E-state index is 4.83. The Morgan fingerprint density at radius 2 is 1.61 bits per heavy atom. The molecule has 0 bridgehead atoms. The zero-order valence-corrected chi connectivity index (χ0v) is 11.1. The van der Waals surface area contributed by atoms with E-state index in [0.29, 0.717) is 0 Å². The molecule has 18 heavy (non-hydrogen) atoms. The molecule has 0 radical (unpaired) electrons. The Morgan fingerprint density at radius 3 is 2.28 bits per heavy atom. The maximum atomic E-state index is 4.83. The molecule has 0 aromatic heterocycles. The summed E-state index contributed by atoms with van der Waals surface area (Å²) < 4.78 is 0. The van der Waals surface area contributed by atoms with Crippen LogP contribution in [0.15, 0.2) is 59.6 Å². The molecule has 0 amide bonds. The Labute approximate surface area is 109 Å². The molecule has 0 atom stereocenters. The van der Waals surface area contributed by atoms with Crippen LogP contribution in [0.25, 0.3) is 0 Å². The van der Waals surface area contributed by atoms with Gasteiger partial charge in [-0.3, -0.25) is 4.99 Å². The molecule has 0 aliphatic carbocycles. The van der Waals surface area contributed by atoms with Crippen LogP contribution < -0.4 is 0 Å². The van der Waals surface area contributed by atoms with E-state index in [1.165, 1.54) is 16.8 Å². The van der Waals surface area contributed by atoms with Gasteiger partial charge in [0.25, 0.3) is 0 Å². The van der Waals surface area contributed by atoms with Crippen LogP contribution in [-0.2, 0) is 0 Å². The highest BCUT2D eigenvalue weighted by molar-refractivity contribution is 6.02. The summed E-state index contributed by atoms with van der Waals surface area (Å²) in [5, 5.41) is 0. The number of rotatable bonds is 4. The van der Waals surface area contributed by atoms with Gasteiger partial charge >= 0.3 is 0 Å². The summed E-state index contributed by atoms with van der Waals surface area (Å²) in [5.41, 5.74) is 4.70. The fourth-order valence-electron chi connectivity index (χ4n) is 1.97. The van der Waals surface area contributed by atoms with Gasteiger partial charge in [-0.05, 0) is 30.5 Å². The van der Waals surface area contributed by atoms with E-state index in [-0.39, 0.29) is 0 Å². The van der Waals surface area contributed by atoms with E-state index in [1.54, 1.807) is 0 Å². The Hall–Kier alpha value is -1.89. The molecule has 0 unspecified atom stereocenters. The average molecular weight is 237 g/mol. The number of hydrogen-bond donors (Lipinski definition) is 0. The van der Waals surface area contributed by atoms with Crippen molar-refractivity contribution in [2.45, 2.75) is 26.7 Å². The minimum atomic E-state index is 1.01. The van der Waals surface area contributed by atoms with Gasteiger partial charge in [-0.25, -0.2) is 0 Å². The van der Waals surface area contributed by atoms with Gasteiger partial charge in [0, 0.05) is 5.71 Å². The van der Waals surface area contributed by atoms with E-state index in [1.807, 2.05) is 12.1 Å². The Balaban J connectivity index is 2.40. The lowest BCUT2D eigenvalue weighted by molar-refractivity contribution is 0.992. The van der Waals surface area contributed by atoms with E-state index in [2.05, 4.69) is 56.3 Å². The van der Waals surface area contributed by atoms with Crippen LogP contribution in [0.4, 0.5) is 5.69 Å². The van der Waals surface area contributed by atoms with Crippen molar-refractivity contribution in [3.8, 4) is 0 Å². The normalized spacial score (nSPS) is 11.6. The predicted molar refractivity (Wildman–Crippen MR) is 78.7 cm³/mol. The summed E-state index contributed by atoms with van der Waals surface area (Å²) in [6, 6.07) is 18.7. The average Bonchev–Trinajstić information content (AvgIpc) is 2.42. The second kappa shape index (κ2) is 6.15. The van der Waals surface area contributed by atoms with Gasteiger partial charge in [-0.2, -0.15) is 0 Å². The molecule has 0 saturated heterocycles. The zero-order valence-electron chi connectivity index (χ0n) is 11.1. The summed E-state index contributed by atoms with van der Waals surface area (Å²) in [7, 11) is 0. The van der Waals surface area contributed by atoms with Crippen LogP contribution in [0, 0.1) is 6.92 Å². The van der Waals surface area contributed by atoms with Crippen LogP contribution in [0.1, 0.15) is 30.9 Å². The summed E-state index contributed by atoms with van der Waals surface area (Å²) in [6.45, 7) is 4.30. The first kappa shape index (κ1) is 12.6. The highest BCUT2D eigenvalue weighted by atomic mass is 14.7. The molecule has 0 N–H and O–H groups in total. The molecule has 1 heteroatoms. The quantitative estimate of drug-likeness (QED) is 0.669. The SMILES string of the molecule is CCCC(=Nc1ccccc1C)c1ccccc1. The molecule has 2 aromatic rings. The molecule has 0 saturated carbocycles. The van der Waals surface area contributed by atoms with E-state index in [9.17, 15) is 0 Å². The Morgan fingerprint density at radius 1 is 0.944 bits per heavy atom. The van der Waals surface area contributed by atoms with Crippen molar-refractivity contribution in [3.63, 3.8) is 0 Å². The van der Waals surface area contributed by atoms with Crippen molar-refractivity contribution in [2.24, 2.45) is 4.99 Å². The number of aliphatic imine (C=N–C) groups is 1. The molecule has 0 aliphatic heterocycles. The summed E-state index contributed by atoms with van der Waals surface area (Å²) in [4.78, 5) is 4.83. The second-order valence-electron chi connectivity index (χ2n) is 4.46. The highest BCUT2D eigenvalue weighted by Crippen LogP contribution is 2.20. The molecule has 92 valence electrons.